The molecule has 6 heteroatoms. The number of nitrogens with zero attached hydrogens (tertiary/aromatic N) is 2. The Bertz CT molecular complexity index is 695. The van der Waals surface area contributed by atoms with Crippen LogP contribution in [0.25, 0.3) is 11.3 Å². The van der Waals surface area contributed by atoms with Gasteiger partial charge in [-0.05, 0) is 24.0 Å². The molecule has 0 aliphatic carbocycles. The van der Waals surface area contributed by atoms with Crippen molar-refractivity contribution in [2.75, 3.05) is 18.1 Å². The summed E-state index contributed by atoms with van der Waals surface area (Å²) in [4.78, 5) is 23.3. The number of carbonyl (C=O) groups excluding carboxylic acids is 1. The molecule has 1 aromatic carbocycles. The Morgan fingerprint density at radius 3 is 2.59 bits per heavy atom. The number of rotatable bonds is 6. The third-order valence-corrected chi connectivity index (χ3v) is 4.04. The van der Waals surface area contributed by atoms with E-state index in [0.717, 1.165) is 17.1 Å². The molecular formula is C16H19N3O2S. The molecular weight excluding hydrogens is 298 g/mol. The summed E-state index contributed by atoms with van der Waals surface area (Å²) in [5.41, 5.74) is 2.04. The molecule has 0 spiro atoms. The molecule has 1 N–H and O–H groups in total. The minimum absolute atomic E-state index is 0.0725. The van der Waals surface area contributed by atoms with Gasteiger partial charge in [-0.2, -0.15) is 16.9 Å². The summed E-state index contributed by atoms with van der Waals surface area (Å²) in [5.74, 6) is 1.90. The number of carbonyl (C=O) groups is 1. The summed E-state index contributed by atoms with van der Waals surface area (Å²) in [5, 5.41) is 7.08. The molecule has 5 nitrogen and oxygen atoms in total. The molecule has 22 heavy (non-hydrogen) atoms. The predicted octanol–water partition coefficient (Wildman–Crippen LogP) is 1.93. The van der Waals surface area contributed by atoms with Gasteiger partial charge in [0.2, 0.25) is 0 Å². The van der Waals surface area contributed by atoms with Gasteiger partial charge in [0.25, 0.3) is 11.5 Å². The molecule has 0 aliphatic heterocycles. The lowest BCUT2D eigenvalue weighted by atomic mass is 10.1. The van der Waals surface area contributed by atoms with Crippen LogP contribution in [0.4, 0.5) is 0 Å². The second kappa shape index (κ2) is 7.79. The molecule has 2 rings (SSSR count). The van der Waals surface area contributed by atoms with Crippen LogP contribution in [-0.4, -0.2) is 33.7 Å². The van der Waals surface area contributed by atoms with Gasteiger partial charge in [0, 0.05) is 36.5 Å². The van der Waals surface area contributed by atoms with Crippen LogP contribution in [-0.2, 0) is 7.05 Å². The Kier molecular flexibility index (Phi) is 5.77. The minimum atomic E-state index is -0.148. The fourth-order valence-corrected chi connectivity index (χ4v) is 2.47. The molecule has 0 aliphatic rings. The maximum atomic E-state index is 12.0. The van der Waals surface area contributed by atoms with Gasteiger partial charge in [0.15, 0.2) is 0 Å². The van der Waals surface area contributed by atoms with E-state index >= 15 is 0 Å². The number of nitrogens with one attached hydrogen (secondary N) is 1. The van der Waals surface area contributed by atoms with Crippen molar-refractivity contribution in [2.24, 2.45) is 7.05 Å². The van der Waals surface area contributed by atoms with Crippen LogP contribution in [0.15, 0.2) is 41.2 Å². The van der Waals surface area contributed by atoms with Crippen LogP contribution in [0.5, 0.6) is 0 Å². The lowest BCUT2D eigenvalue weighted by Crippen LogP contribution is -2.25. The van der Waals surface area contributed by atoms with Crippen LogP contribution >= 0.6 is 11.8 Å². The zero-order chi connectivity index (χ0) is 15.9. The van der Waals surface area contributed by atoms with E-state index in [0.29, 0.717) is 17.8 Å². The quantitative estimate of drug-likeness (QED) is 0.827. The van der Waals surface area contributed by atoms with E-state index in [4.69, 9.17) is 0 Å². The van der Waals surface area contributed by atoms with E-state index < -0.39 is 0 Å². The Morgan fingerprint density at radius 2 is 1.95 bits per heavy atom. The molecule has 2 aromatic rings. The summed E-state index contributed by atoms with van der Waals surface area (Å²) < 4.78 is 1.29. The molecule has 0 unspecified atom stereocenters. The maximum absolute atomic E-state index is 12.0. The van der Waals surface area contributed by atoms with Gasteiger partial charge in [-0.1, -0.05) is 19.1 Å². The third kappa shape index (κ3) is 4.21. The molecule has 0 saturated heterocycles. The van der Waals surface area contributed by atoms with Crippen LogP contribution in [0, 0.1) is 0 Å². The van der Waals surface area contributed by atoms with Crippen LogP contribution in [0.2, 0.25) is 0 Å². The number of aromatic nitrogens is 2. The molecule has 0 saturated carbocycles. The van der Waals surface area contributed by atoms with E-state index in [1.165, 1.54) is 10.7 Å². The first-order valence-corrected chi connectivity index (χ1v) is 8.28. The number of aryl methyl sites for hydroxylation is 1. The van der Waals surface area contributed by atoms with Crippen LogP contribution < -0.4 is 10.9 Å². The molecule has 1 amide bonds. The van der Waals surface area contributed by atoms with Gasteiger partial charge in [-0.15, -0.1) is 0 Å². The highest BCUT2D eigenvalue weighted by Crippen LogP contribution is 2.16. The average Bonchev–Trinajstić information content (AvgIpc) is 2.54. The van der Waals surface area contributed by atoms with Crippen molar-refractivity contribution in [3.8, 4) is 11.3 Å². The molecule has 1 aromatic heterocycles. The molecule has 0 fully saturated rings. The summed E-state index contributed by atoms with van der Waals surface area (Å²) in [7, 11) is 1.61. The zero-order valence-electron chi connectivity index (χ0n) is 12.7. The first kappa shape index (κ1) is 16.3. The Balaban J connectivity index is 2.05. The average molecular weight is 317 g/mol. The predicted molar refractivity (Wildman–Crippen MR) is 90.2 cm³/mol. The first-order chi connectivity index (χ1) is 10.6. The van der Waals surface area contributed by atoms with Crippen molar-refractivity contribution >= 4 is 17.7 Å². The van der Waals surface area contributed by atoms with Gasteiger partial charge >= 0.3 is 0 Å². The van der Waals surface area contributed by atoms with E-state index in [1.807, 2.05) is 12.1 Å². The van der Waals surface area contributed by atoms with Crippen molar-refractivity contribution in [2.45, 2.75) is 6.92 Å². The van der Waals surface area contributed by atoms with Gasteiger partial charge in [0.1, 0.15) is 0 Å². The highest BCUT2D eigenvalue weighted by atomic mass is 32.2. The standard InChI is InChI=1S/C16H19N3O2S/c1-3-22-11-10-17-16(21)13-6-4-12(5-7-13)14-8-9-15(20)19(2)18-14/h4-9H,3,10-11H2,1-2H3,(H,17,21). The molecule has 0 radical (unpaired) electrons. The second-order valence-electron chi connectivity index (χ2n) is 4.71. The van der Waals surface area contributed by atoms with Gasteiger partial charge in [0.05, 0.1) is 5.69 Å². The summed E-state index contributed by atoms with van der Waals surface area (Å²) in [6.45, 7) is 2.76. The number of thioether (sulfide) groups is 1. The lowest BCUT2D eigenvalue weighted by molar-refractivity contribution is 0.0956. The fraction of sp³-hybridized carbons (Fsp3) is 0.312. The van der Waals surface area contributed by atoms with Crippen LogP contribution in [0.1, 0.15) is 17.3 Å². The normalized spacial score (nSPS) is 10.5. The lowest BCUT2D eigenvalue weighted by Gasteiger charge is -2.06. The SMILES string of the molecule is CCSCCNC(=O)c1ccc(-c2ccc(=O)n(C)n2)cc1. The van der Waals surface area contributed by atoms with Crippen molar-refractivity contribution in [3.05, 3.63) is 52.3 Å². The Morgan fingerprint density at radius 1 is 1.23 bits per heavy atom. The number of hydrogen-bond donors (Lipinski definition) is 1. The number of amides is 1. The Labute approximate surface area is 133 Å². The number of benzene rings is 1. The van der Waals surface area contributed by atoms with Crippen LogP contribution in [0.3, 0.4) is 0 Å². The monoisotopic (exact) mass is 317 g/mol. The second-order valence-corrected chi connectivity index (χ2v) is 6.10. The van der Waals surface area contributed by atoms with Crippen molar-refractivity contribution < 1.29 is 4.79 Å². The maximum Gasteiger partial charge on any atom is 0.266 e. The largest absolute Gasteiger partial charge is 0.351 e. The minimum Gasteiger partial charge on any atom is -0.351 e. The molecule has 0 bridgehead atoms. The van der Waals surface area contributed by atoms with E-state index in [1.54, 1.807) is 37.0 Å². The summed E-state index contributed by atoms with van der Waals surface area (Å²) in [6.07, 6.45) is 0. The zero-order valence-corrected chi connectivity index (χ0v) is 13.5. The van der Waals surface area contributed by atoms with Crippen molar-refractivity contribution in [1.29, 1.82) is 0 Å². The first-order valence-electron chi connectivity index (χ1n) is 7.12. The van der Waals surface area contributed by atoms with Gasteiger partial charge in [-0.3, -0.25) is 9.59 Å². The summed E-state index contributed by atoms with van der Waals surface area (Å²) >= 11 is 1.80. The molecule has 0 atom stereocenters. The van der Waals surface area contributed by atoms with E-state index in [-0.39, 0.29) is 11.5 Å². The third-order valence-electron chi connectivity index (χ3n) is 3.14. The van der Waals surface area contributed by atoms with Crippen molar-refractivity contribution in [3.63, 3.8) is 0 Å². The van der Waals surface area contributed by atoms with E-state index in [2.05, 4.69) is 17.3 Å². The van der Waals surface area contributed by atoms with E-state index in [9.17, 15) is 9.59 Å². The topological polar surface area (TPSA) is 64.0 Å². The molecule has 1 heterocycles. The number of hydrogen-bond acceptors (Lipinski definition) is 4. The fourth-order valence-electron chi connectivity index (χ4n) is 1.93. The van der Waals surface area contributed by atoms with Gasteiger partial charge in [-0.25, -0.2) is 4.68 Å². The highest BCUT2D eigenvalue weighted by molar-refractivity contribution is 7.99. The van der Waals surface area contributed by atoms with Crippen molar-refractivity contribution in [1.82, 2.24) is 15.1 Å². The van der Waals surface area contributed by atoms with Gasteiger partial charge < -0.3 is 5.32 Å². The smallest absolute Gasteiger partial charge is 0.266 e. The molecule has 116 valence electrons. The summed E-state index contributed by atoms with van der Waals surface area (Å²) in [6, 6.07) is 10.4. The highest BCUT2D eigenvalue weighted by Gasteiger charge is 2.06. The Hall–Kier alpha value is -2.08.